The number of nitrogens with one attached hydrogen (secondary N) is 2. The predicted molar refractivity (Wildman–Crippen MR) is 76.8 cm³/mol. The van der Waals surface area contributed by atoms with E-state index in [2.05, 4.69) is 10.6 Å². The molecule has 19 heavy (non-hydrogen) atoms. The Kier molecular flexibility index (Phi) is 4.03. The molecule has 4 nitrogen and oxygen atoms in total. The van der Waals surface area contributed by atoms with Gasteiger partial charge in [0.25, 0.3) is 0 Å². The highest BCUT2D eigenvalue weighted by molar-refractivity contribution is 6.00. The van der Waals surface area contributed by atoms with Gasteiger partial charge in [0.15, 0.2) is 0 Å². The van der Waals surface area contributed by atoms with Crippen LogP contribution < -0.4 is 15.4 Å². The van der Waals surface area contributed by atoms with E-state index in [-0.39, 0.29) is 6.03 Å². The number of rotatable bonds is 3. The third kappa shape index (κ3) is 3.48. The predicted octanol–water partition coefficient (Wildman–Crippen LogP) is 3.65. The molecule has 0 saturated carbocycles. The van der Waals surface area contributed by atoms with Crippen LogP contribution in [-0.4, -0.2) is 13.1 Å². The molecule has 0 radical (unpaired) electrons. The molecule has 0 spiro atoms. The second-order valence-electron chi connectivity index (χ2n) is 4.13. The highest BCUT2D eigenvalue weighted by atomic mass is 16.5. The molecule has 0 saturated heterocycles. The van der Waals surface area contributed by atoms with Crippen molar-refractivity contribution < 1.29 is 9.53 Å². The van der Waals surface area contributed by atoms with Crippen LogP contribution in [-0.2, 0) is 0 Å². The van der Waals surface area contributed by atoms with Crippen molar-refractivity contribution in [2.24, 2.45) is 0 Å². The van der Waals surface area contributed by atoms with E-state index in [1.807, 2.05) is 55.5 Å². The number of ether oxygens (including phenoxy) is 1. The number of methoxy groups -OCH3 is 1. The third-order valence-electron chi connectivity index (χ3n) is 2.71. The van der Waals surface area contributed by atoms with Gasteiger partial charge in [-0.1, -0.05) is 18.2 Å². The summed E-state index contributed by atoms with van der Waals surface area (Å²) in [5.41, 5.74) is 2.46. The van der Waals surface area contributed by atoms with Gasteiger partial charge in [-0.15, -0.1) is 0 Å². The molecule has 0 fully saturated rings. The number of hydrogen-bond acceptors (Lipinski definition) is 2. The summed E-state index contributed by atoms with van der Waals surface area (Å²) >= 11 is 0. The number of hydrogen-bond donors (Lipinski definition) is 2. The van der Waals surface area contributed by atoms with E-state index in [9.17, 15) is 4.79 Å². The highest BCUT2D eigenvalue weighted by Gasteiger charge is 2.05. The first kappa shape index (κ1) is 13.0. The number of anilines is 2. The van der Waals surface area contributed by atoms with Crippen LogP contribution in [0.1, 0.15) is 5.56 Å². The van der Waals surface area contributed by atoms with Crippen molar-refractivity contribution in [3.05, 3.63) is 54.1 Å². The molecule has 2 aromatic carbocycles. The standard InChI is InChI=1S/C15H16N2O2/c1-11-10-13(19-2)8-9-14(11)17-15(18)16-12-6-4-3-5-7-12/h3-10H,1-2H3,(H2,16,17,18). The quantitative estimate of drug-likeness (QED) is 0.880. The lowest BCUT2D eigenvalue weighted by atomic mass is 10.2. The van der Waals surface area contributed by atoms with Gasteiger partial charge in [-0.2, -0.15) is 0 Å². The Morgan fingerprint density at radius 2 is 1.79 bits per heavy atom. The van der Waals surface area contributed by atoms with Crippen LogP contribution in [0.2, 0.25) is 0 Å². The first-order valence-electron chi connectivity index (χ1n) is 5.97. The zero-order valence-electron chi connectivity index (χ0n) is 10.9. The maximum atomic E-state index is 11.8. The lowest BCUT2D eigenvalue weighted by molar-refractivity contribution is 0.262. The van der Waals surface area contributed by atoms with Crippen LogP contribution in [0, 0.1) is 6.92 Å². The minimum Gasteiger partial charge on any atom is -0.497 e. The summed E-state index contributed by atoms with van der Waals surface area (Å²) in [4.78, 5) is 11.8. The van der Waals surface area contributed by atoms with Crippen LogP contribution >= 0.6 is 0 Å². The van der Waals surface area contributed by atoms with E-state index in [1.165, 1.54) is 0 Å². The van der Waals surface area contributed by atoms with E-state index >= 15 is 0 Å². The van der Waals surface area contributed by atoms with Crippen molar-refractivity contribution in [2.75, 3.05) is 17.7 Å². The summed E-state index contributed by atoms with van der Waals surface area (Å²) < 4.78 is 5.12. The largest absolute Gasteiger partial charge is 0.497 e. The smallest absolute Gasteiger partial charge is 0.323 e. The summed E-state index contributed by atoms with van der Waals surface area (Å²) in [6.07, 6.45) is 0. The highest BCUT2D eigenvalue weighted by Crippen LogP contribution is 2.21. The minimum absolute atomic E-state index is 0.264. The minimum atomic E-state index is -0.264. The van der Waals surface area contributed by atoms with Crippen molar-refractivity contribution in [2.45, 2.75) is 6.92 Å². The molecule has 2 N–H and O–H groups in total. The summed E-state index contributed by atoms with van der Waals surface area (Å²) in [7, 11) is 1.62. The fourth-order valence-electron chi connectivity index (χ4n) is 1.71. The number of aryl methyl sites for hydroxylation is 1. The molecule has 0 bridgehead atoms. The van der Waals surface area contributed by atoms with Crippen LogP contribution in [0.3, 0.4) is 0 Å². The van der Waals surface area contributed by atoms with Gasteiger partial charge in [0.1, 0.15) is 5.75 Å². The lowest BCUT2D eigenvalue weighted by Gasteiger charge is -2.11. The molecular weight excluding hydrogens is 240 g/mol. The number of para-hydroxylation sites is 1. The molecule has 0 aliphatic rings. The Morgan fingerprint density at radius 3 is 2.42 bits per heavy atom. The summed E-state index contributed by atoms with van der Waals surface area (Å²) in [6.45, 7) is 1.92. The SMILES string of the molecule is COc1ccc(NC(=O)Nc2ccccc2)c(C)c1. The van der Waals surface area contributed by atoms with Gasteiger partial charge < -0.3 is 15.4 Å². The Balaban J connectivity index is 2.03. The van der Waals surface area contributed by atoms with Crippen LogP contribution in [0.4, 0.5) is 16.2 Å². The molecule has 0 aromatic heterocycles. The number of carbonyl (C=O) groups is 1. The van der Waals surface area contributed by atoms with Gasteiger partial charge in [0.2, 0.25) is 0 Å². The molecule has 0 heterocycles. The topological polar surface area (TPSA) is 50.4 Å². The Labute approximate surface area is 112 Å². The molecule has 0 atom stereocenters. The Hall–Kier alpha value is -2.49. The average molecular weight is 256 g/mol. The van der Waals surface area contributed by atoms with E-state index in [4.69, 9.17) is 4.74 Å². The van der Waals surface area contributed by atoms with E-state index in [0.29, 0.717) is 0 Å². The zero-order chi connectivity index (χ0) is 13.7. The van der Waals surface area contributed by atoms with Gasteiger partial charge in [-0.05, 0) is 42.8 Å². The summed E-state index contributed by atoms with van der Waals surface area (Å²) in [6, 6.07) is 14.5. The number of urea groups is 1. The van der Waals surface area contributed by atoms with Crippen molar-refractivity contribution in [1.82, 2.24) is 0 Å². The molecule has 2 rings (SSSR count). The van der Waals surface area contributed by atoms with Crippen molar-refractivity contribution in [1.29, 1.82) is 0 Å². The maximum Gasteiger partial charge on any atom is 0.323 e. The second-order valence-corrected chi connectivity index (χ2v) is 4.13. The van der Waals surface area contributed by atoms with Crippen LogP contribution in [0.5, 0.6) is 5.75 Å². The number of carbonyl (C=O) groups excluding carboxylic acids is 1. The van der Waals surface area contributed by atoms with Gasteiger partial charge in [-0.3, -0.25) is 0 Å². The molecule has 2 aromatic rings. The summed E-state index contributed by atoms with van der Waals surface area (Å²) in [5.74, 6) is 0.770. The van der Waals surface area contributed by atoms with Gasteiger partial charge >= 0.3 is 6.03 Å². The van der Waals surface area contributed by atoms with Crippen LogP contribution in [0.25, 0.3) is 0 Å². The molecule has 4 heteroatoms. The Bertz CT molecular complexity index is 568. The molecule has 98 valence electrons. The first-order chi connectivity index (χ1) is 9.19. The molecule has 0 aliphatic heterocycles. The molecule has 2 amide bonds. The number of amides is 2. The number of benzene rings is 2. The Morgan fingerprint density at radius 1 is 1.05 bits per heavy atom. The fourth-order valence-corrected chi connectivity index (χ4v) is 1.71. The van der Waals surface area contributed by atoms with Gasteiger partial charge in [-0.25, -0.2) is 4.79 Å². The van der Waals surface area contributed by atoms with Crippen LogP contribution in [0.15, 0.2) is 48.5 Å². The average Bonchev–Trinajstić information content (AvgIpc) is 2.42. The molecule has 0 aliphatic carbocycles. The third-order valence-corrected chi connectivity index (χ3v) is 2.71. The van der Waals surface area contributed by atoms with Crippen molar-refractivity contribution in [3.63, 3.8) is 0 Å². The maximum absolute atomic E-state index is 11.8. The van der Waals surface area contributed by atoms with E-state index in [1.54, 1.807) is 7.11 Å². The lowest BCUT2D eigenvalue weighted by Crippen LogP contribution is -2.19. The van der Waals surface area contributed by atoms with E-state index < -0.39 is 0 Å². The normalized spacial score (nSPS) is 9.79. The van der Waals surface area contributed by atoms with Gasteiger partial charge in [0.05, 0.1) is 7.11 Å². The summed E-state index contributed by atoms with van der Waals surface area (Å²) in [5, 5.41) is 5.57. The second kappa shape index (κ2) is 5.91. The van der Waals surface area contributed by atoms with Crippen molar-refractivity contribution in [3.8, 4) is 5.75 Å². The van der Waals surface area contributed by atoms with Gasteiger partial charge in [0, 0.05) is 11.4 Å². The zero-order valence-corrected chi connectivity index (χ0v) is 10.9. The van der Waals surface area contributed by atoms with E-state index in [0.717, 1.165) is 22.7 Å². The molecular formula is C15H16N2O2. The molecule has 0 unspecified atom stereocenters. The fraction of sp³-hybridized carbons (Fsp3) is 0.133. The first-order valence-corrected chi connectivity index (χ1v) is 5.97. The van der Waals surface area contributed by atoms with Crippen molar-refractivity contribution >= 4 is 17.4 Å². The monoisotopic (exact) mass is 256 g/mol.